The normalized spacial score (nSPS) is 10.7. The molecule has 0 saturated heterocycles. The molecule has 0 aromatic heterocycles. The molecular formula is C2H7BF4NO-. The number of nitrogens with zero attached hydrogens (tertiary/aromatic N) is 1. The fourth-order valence-electron chi connectivity index (χ4n) is 0. The molecule has 7 heteroatoms. The van der Waals surface area contributed by atoms with Crippen molar-refractivity contribution in [2.75, 3.05) is 14.1 Å². The molecule has 2 nitrogen and oxygen atoms in total. The molecule has 0 bridgehead atoms. The van der Waals surface area contributed by atoms with E-state index >= 15 is 0 Å². The van der Waals surface area contributed by atoms with Crippen molar-refractivity contribution < 1.29 is 22.5 Å². The third-order valence-corrected chi connectivity index (χ3v) is 0. The predicted molar refractivity (Wildman–Crippen MR) is 25.7 cm³/mol. The Labute approximate surface area is 50.1 Å². The average molecular weight is 148 g/mol. The Bertz CT molecular complexity index is 55.3. The standard InChI is InChI=1S/C2H7NO.BF4/c1-3(2)4;2-1(3,4)5/h4H,1-2H3;/q;-1. The molecule has 0 amide bonds. The van der Waals surface area contributed by atoms with E-state index in [0.29, 0.717) is 0 Å². The van der Waals surface area contributed by atoms with E-state index in [1.54, 1.807) is 14.1 Å². The molecular weight excluding hydrogens is 141 g/mol. The molecule has 0 heterocycles. The van der Waals surface area contributed by atoms with Crippen LogP contribution in [-0.4, -0.2) is 31.6 Å². The van der Waals surface area contributed by atoms with Crippen molar-refractivity contribution in [2.45, 2.75) is 0 Å². The van der Waals surface area contributed by atoms with E-state index in [2.05, 4.69) is 0 Å². The third kappa shape index (κ3) is 2880. The van der Waals surface area contributed by atoms with Gasteiger partial charge < -0.3 is 22.5 Å². The fraction of sp³-hybridized carbons (Fsp3) is 1.00. The van der Waals surface area contributed by atoms with Gasteiger partial charge in [-0.3, -0.25) is 0 Å². The van der Waals surface area contributed by atoms with E-state index in [1.807, 2.05) is 0 Å². The molecule has 58 valence electrons. The highest BCUT2D eigenvalue weighted by Gasteiger charge is 2.20. The Morgan fingerprint density at radius 3 is 1.11 bits per heavy atom. The third-order valence-electron chi connectivity index (χ3n) is 0. The Balaban J connectivity index is 0. The van der Waals surface area contributed by atoms with Crippen molar-refractivity contribution >= 4 is 7.25 Å². The van der Waals surface area contributed by atoms with Crippen molar-refractivity contribution in [1.29, 1.82) is 0 Å². The summed E-state index contributed by atoms with van der Waals surface area (Å²) in [5, 5.41) is 8.89. The first-order valence-electron chi connectivity index (χ1n) is 1.97. The molecule has 0 atom stereocenters. The summed E-state index contributed by atoms with van der Waals surface area (Å²) in [6, 6.07) is 0. The highest BCUT2D eigenvalue weighted by molar-refractivity contribution is 6.50. The predicted octanol–water partition coefficient (Wildman–Crippen LogP) is 1.24. The zero-order chi connectivity index (χ0) is 8.08. The number of halogens is 4. The van der Waals surface area contributed by atoms with Gasteiger partial charge in [0.1, 0.15) is 0 Å². The highest BCUT2D eigenvalue weighted by Crippen LogP contribution is 2.06. The average Bonchev–Trinajstić information content (AvgIpc) is 1.19. The maximum absolute atomic E-state index is 9.75. The van der Waals surface area contributed by atoms with Crippen LogP contribution in [0.1, 0.15) is 0 Å². The van der Waals surface area contributed by atoms with E-state index < -0.39 is 7.25 Å². The van der Waals surface area contributed by atoms with E-state index in [0.717, 1.165) is 5.06 Å². The van der Waals surface area contributed by atoms with Crippen LogP contribution in [0.2, 0.25) is 0 Å². The Hall–Kier alpha value is -0.295. The molecule has 0 aliphatic rings. The molecule has 9 heavy (non-hydrogen) atoms. The van der Waals surface area contributed by atoms with Gasteiger partial charge in [-0.25, -0.2) is 0 Å². The fourth-order valence-corrected chi connectivity index (χ4v) is 0. The second-order valence-corrected chi connectivity index (χ2v) is 1.34. The molecule has 0 rings (SSSR count). The molecule has 0 spiro atoms. The number of hydroxylamine groups is 2. The van der Waals surface area contributed by atoms with Crippen LogP contribution in [0, 0.1) is 0 Å². The highest BCUT2D eigenvalue weighted by atomic mass is 19.5. The van der Waals surface area contributed by atoms with Crippen LogP contribution in [0.5, 0.6) is 0 Å². The van der Waals surface area contributed by atoms with Crippen molar-refractivity contribution in [1.82, 2.24) is 5.06 Å². The monoisotopic (exact) mass is 148 g/mol. The van der Waals surface area contributed by atoms with E-state index in [1.165, 1.54) is 0 Å². The minimum absolute atomic E-state index is 1.00. The Morgan fingerprint density at radius 1 is 1.11 bits per heavy atom. The molecule has 0 aliphatic carbocycles. The summed E-state index contributed by atoms with van der Waals surface area (Å²) in [4.78, 5) is 0. The zero-order valence-corrected chi connectivity index (χ0v) is 4.98. The molecule has 0 aromatic rings. The van der Waals surface area contributed by atoms with Crippen LogP contribution >= 0.6 is 0 Å². The zero-order valence-electron chi connectivity index (χ0n) is 4.98. The first-order chi connectivity index (χ1) is 3.73. The van der Waals surface area contributed by atoms with Crippen molar-refractivity contribution in [3.05, 3.63) is 0 Å². The van der Waals surface area contributed by atoms with Gasteiger partial charge >= 0.3 is 7.25 Å². The molecule has 0 radical (unpaired) electrons. The maximum atomic E-state index is 9.75. The second kappa shape index (κ2) is 4.57. The SMILES string of the molecule is CN(C)O.F[B-](F)(F)F. The molecule has 0 unspecified atom stereocenters. The molecule has 0 aliphatic heterocycles. The van der Waals surface area contributed by atoms with Crippen LogP contribution < -0.4 is 0 Å². The van der Waals surface area contributed by atoms with Crippen molar-refractivity contribution in [3.63, 3.8) is 0 Å². The lowest BCUT2D eigenvalue weighted by Gasteiger charge is -1.94. The van der Waals surface area contributed by atoms with Gasteiger partial charge in [0.15, 0.2) is 0 Å². The molecule has 0 aromatic carbocycles. The molecule has 1 N–H and O–H groups in total. The second-order valence-electron chi connectivity index (χ2n) is 1.34. The van der Waals surface area contributed by atoms with E-state index in [4.69, 9.17) is 5.21 Å². The van der Waals surface area contributed by atoms with E-state index in [9.17, 15) is 17.3 Å². The smallest absolute Gasteiger partial charge is 0.418 e. The number of hydrogen-bond acceptors (Lipinski definition) is 2. The number of rotatable bonds is 0. The van der Waals surface area contributed by atoms with Crippen molar-refractivity contribution in [3.8, 4) is 0 Å². The number of hydrogen-bond donors (Lipinski definition) is 1. The van der Waals surface area contributed by atoms with E-state index in [-0.39, 0.29) is 0 Å². The molecule has 0 saturated carbocycles. The van der Waals surface area contributed by atoms with Crippen LogP contribution in [0.15, 0.2) is 0 Å². The first kappa shape index (κ1) is 11.5. The minimum Gasteiger partial charge on any atom is -0.418 e. The Morgan fingerprint density at radius 2 is 1.11 bits per heavy atom. The van der Waals surface area contributed by atoms with Gasteiger partial charge in [0.2, 0.25) is 0 Å². The maximum Gasteiger partial charge on any atom is 0.673 e. The summed E-state index contributed by atoms with van der Waals surface area (Å²) in [6.45, 7) is 0. The van der Waals surface area contributed by atoms with Gasteiger partial charge in [-0.1, -0.05) is 0 Å². The quantitative estimate of drug-likeness (QED) is 0.317. The first-order valence-corrected chi connectivity index (χ1v) is 1.97. The lowest BCUT2D eigenvalue weighted by atomic mass is 10.3. The van der Waals surface area contributed by atoms with Gasteiger partial charge in [-0.2, -0.15) is 5.06 Å². The van der Waals surface area contributed by atoms with Crippen molar-refractivity contribution in [2.24, 2.45) is 0 Å². The summed E-state index contributed by atoms with van der Waals surface area (Å²) >= 11 is 0. The topological polar surface area (TPSA) is 23.5 Å². The van der Waals surface area contributed by atoms with Gasteiger partial charge in [0.25, 0.3) is 0 Å². The van der Waals surface area contributed by atoms with Crippen LogP contribution in [-0.2, 0) is 0 Å². The Kier molecular flexibility index (Phi) is 5.84. The van der Waals surface area contributed by atoms with Crippen LogP contribution in [0.3, 0.4) is 0 Å². The summed E-state index contributed by atoms with van der Waals surface area (Å²) in [6.07, 6.45) is 0. The van der Waals surface area contributed by atoms with Crippen LogP contribution in [0.25, 0.3) is 0 Å². The minimum atomic E-state index is -6.00. The summed E-state index contributed by atoms with van der Waals surface area (Å²) in [5.74, 6) is 0. The van der Waals surface area contributed by atoms with Gasteiger partial charge in [-0.05, 0) is 0 Å². The summed E-state index contributed by atoms with van der Waals surface area (Å²) in [5.41, 5.74) is 0. The summed E-state index contributed by atoms with van der Waals surface area (Å²) in [7, 11) is -2.89. The summed E-state index contributed by atoms with van der Waals surface area (Å²) < 4.78 is 39.0. The van der Waals surface area contributed by atoms with Gasteiger partial charge in [0.05, 0.1) is 0 Å². The molecule has 0 fully saturated rings. The lowest BCUT2D eigenvalue weighted by Crippen LogP contribution is -2.02. The van der Waals surface area contributed by atoms with Gasteiger partial charge in [0, 0.05) is 14.1 Å². The van der Waals surface area contributed by atoms with Gasteiger partial charge in [-0.15, -0.1) is 0 Å². The largest absolute Gasteiger partial charge is 0.673 e. The lowest BCUT2D eigenvalue weighted by molar-refractivity contribution is -0.0372. The van der Waals surface area contributed by atoms with Crippen LogP contribution in [0.4, 0.5) is 17.3 Å².